The van der Waals surface area contributed by atoms with Crippen molar-refractivity contribution < 1.29 is 9.90 Å². The molecule has 0 spiro atoms. The molecule has 0 rings (SSSR count). The van der Waals surface area contributed by atoms with Gasteiger partial charge in [-0.2, -0.15) is 0 Å². The van der Waals surface area contributed by atoms with Crippen LogP contribution < -0.4 is 5.32 Å². The van der Waals surface area contributed by atoms with Crippen molar-refractivity contribution >= 4 is 5.97 Å². The van der Waals surface area contributed by atoms with E-state index in [0.29, 0.717) is 0 Å². The highest BCUT2D eigenvalue weighted by atomic mass is 16.4. The molecule has 0 amide bonds. The molecule has 3 heteroatoms. The van der Waals surface area contributed by atoms with Gasteiger partial charge in [0, 0.05) is 0 Å². The first-order valence-corrected chi connectivity index (χ1v) is 6.09. The lowest BCUT2D eigenvalue weighted by Crippen LogP contribution is -2.42. The smallest absolute Gasteiger partial charge is 0.320 e. The van der Waals surface area contributed by atoms with E-state index in [2.05, 4.69) is 12.2 Å². The van der Waals surface area contributed by atoms with Crippen LogP contribution in [0.2, 0.25) is 0 Å². The summed E-state index contributed by atoms with van der Waals surface area (Å²) in [6.07, 6.45) is 5.62. The van der Waals surface area contributed by atoms with E-state index in [1.165, 1.54) is 19.3 Å². The molecule has 0 bridgehead atoms. The first-order valence-electron chi connectivity index (χ1n) is 6.09. The molecular weight excluding hydrogens is 190 g/mol. The van der Waals surface area contributed by atoms with Gasteiger partial charge in [0.25, 0.3) is 0 Å². The first kappa shape index (κ1) is 14.4. The quantitative estimate of drug-likeness (QED) is 0.581. The van der Waals surface area contributed by atoms with Gasteiger partial charge in [-0.1, -0.05) is 46.5 Å². The van der Waals surface area contributed by atoms with Crippen molar-refractivity contribution in [3.63, 3.8) is 0 Å². The maximum absolute atomic E-state index is 11.0. The number of carboxylic acid groups (broad SMARTS) is 1. The van der Waals surface area contributed by atoms with E-state index in [0.717, 1.165) is 19.4 Å². The van der Waals surface area contributed by atoms with Gasteiger partial charge in [0.1, 0.15) is 6.04 Å². The molecule has 0 aliphatic rings. The van der Waals surface area contributed by atoms with Crippen LogP contribution in [-0.2, 0) is 4.79 Å². The average Bonchev–Trinajstić information content (AvgIpc) is 2.22. The van der Waals surface area contributed by atoms with Crippen LogP contribution in [0.3, 0.4) is 0 Å². The van der Waals surface area contributed by atoms with Crippen molar-refractivity contribution in [3.05, 3.63) is 0 Å². The van der Waals surface area contributed by atoms with E-state index in [9.17, 15) is 4.79 Å². The van der Waals surface area contributed by atoms with Crippen LogP contribution in [0.1, 0.15) is 52.9 Å². The van der Waals surface area contributed by atoms with Crippen molar-refractivity contribution in [1.82, 2.24) is 5.32 Å². The van der Waals surface area contributed by atoms with Crippen molar-refractivity contribution in [1.29, 1.82) is 0 Å². The Morgan fingerprint density at radius 1 is 1.27 bits per heavy atom. The molecule has 90 valence electrons. The van der Waals surface area contributed by atoms with Crippen molar-refractivity contribution in [2.45, 2.75) is 58.9 Å². The zero-order valence-corrected chi connectivity index (χ0v) is 10.3. The molecule has 15 heavy (non-hydrogen) atoms. The summed E-state index contributed by atoms with van der Waals surface area (Å²) in [5.41, 5.74) is 0. The number of carbonyl (C=O) groups is 1. The lowest BCUT2D eigenvalue weighted by Gasteiger charge is -2.20. The minimum atomic E-state index is -0.722. The molecule has 0 aliphatic heterocycles. The van der Waals surface area contributed by atoms with Gasteiger partial charge in [-0.25, -0.2) is 0 Å². The third-order valence-corrected chi connectivity index (χ3v) is 2.87. The normalized spacial score (nSPS) is 14.9. The molecule has 0 saturated heterocycles. The van der Waals surface area contributed by atoms with Crippen molar-refractivity contribution in [3.8, 4) is 0 Å². The highest BCUT2D eigenvalue weighted by molar-refractivity contribution is 5.73. The number of hydrogen-bond donors (Lipinski definition) is 2. The summed E-state index contributed by atoms with van der Waals surface area (Å²) in [4.78, 5) is 11.0. The number of hydrogen-bond acceptors (Lipinski definition) is 2. The van der Waals surface area contributed by atoms with Gasteiger partial charge in [-0.15, -0.1) is 0 Å². The second-order valence-electron chi connectivity index (χ2n) is 4.22. The van der Waals surface area contributed by atoms with Gasteiger partial charge >= 0.3 is 5.97 Å². The van der Waals surface area contributed by atoms with Crippen molar-refractivity contribution in [2.24, 2.45) is 5.92 Å². The van der Waals surface area contributed by atoms with Crippen LogP contribution in [-0.4, -0.2) is 23.7 Å². The van der Waals surface area contributed by atoms with Gasteiger partial charge in [0.2, 0.25) is 0 Å². The molecule has 0 heterocycles. The summed E-state index contributed by atoms with van der Waals surface area (Å²) in [7, 11) is 0. The minimum absolute atomic E-state index is 0.202. The molecule has 0 fully saturated rings. The topological polar surface area (TPSA) is 49.3 Å². The standard InChI is InChI=1S/C12H25NO2/c1-4-6-7-8-9-13-11(12(14)15)10(3)5-2/h10-11,13H,4-9H2,1-3H3,(H,14,15)/t10-,11-/m0/s1. The second kappa shape index (κ2) is 8.72. The fraction of sp³-hybridized carbons (Fsp3) is 0.917. The molecule has 0 aliphatic carbocycles. The van der Waals surface area contributed by atoms with E-state index in [1.807, 2.05) is 13.8 Å². The maximum Gasteiger partial charge on any atom is 0.320 e. The molecule has 3 nitrogen and oxygen atoms in total. The molecule has 0 aromatic heterocycles. The van der Waals surface area contributed by atoms with Crippen LogP contribution in [0.15, 0.2) is 0 Å². The van der Waals surface area contributed by atoms with E-state index < -0.39 is 5.97 Å². The molecule has 0 aromatic carbocycles. The van der Waals surface area contributed by atoms with Crippen LogP contribution in [0.5, 0.6) is 0 Å². The molecule has 2 N–H and O–H groups in total. The SMILES string of the molecule is CCCCCCN[C@H](C(=O)O)[C@@H](C)CC. The van der Waals surface area contributed by atoms with Gasteiger partial charge in [-0.05, 0) is 18.9 Å². The third kappa shape index (κ3) is 6.50. The van der Waals surface area contributed by atoms with Gasteiger partial charge in [0.15, 0.2) is 0 Å². The Morgan fingerprint density at radius 2 is 1.93 bits per heavy atom. The lowest BCUT2D eigenvalue weighted by molar-refractivity contribution is -0.140. The van der Waals surface area contributed by atoms with E-state index in [1.54, 1.807) is 0 Å². The lowest BCUT2D eigenvalue weighted by atomic mass is 9.99. The zero-order chi connectivity index (χ0) is 11.7. The molecule has 0 radical (unpaired) electrons. The van der Waals surface area contributed by atoms with E-state index >= 15 is 0 Å². The highest BCUT2D eigenvalue weighted by Crippen LogP contribution is 2.08. The number of carboxylic acids is 1. The van der Waals surface area contributed by atoms with Crippen LogP contribution in [0.25, 0.3) is 0 Å². The Labute approximate surface area is 93.3 Å². The van der Waals surface area contributed by atoms with Crippen LogP contribution in [0, 0.1) is 5.92 Å². The van der Waals surface area contributed by atoms with E-state index in [4.69, 9.17) is 5.11 Å². The Kier molecular flexibility index (Phi) is 8.38. The van der Waals surface area contributed by atoms with Gasteiger partial charge in [-0.3, -0.25) is 4.79 Å². The van der Waals surface area contributed by atoms with Gasteiger partial charge in [0.05, 0.1) is 0 Å². The number of nitrogens with one attached hydrogen (secondary N) is 1. The molecule has 2 atom stereocenters. The Morgan fingerprint density at radius 3 is 2.40 bits per heavy atom. The molecule has 0 aromatic rings. The number of unbranched alkanes of at least 4 members (excludes halogenated alkanes) is 3. The molecular formula is C12H25NO2. The predicted molar refractivity (Wildman–Crippen MR) is 63.0 cm³/mol. The summed E-state index contributed by atoms with van der Waals surface area (Å²) in [5.74, 6) is -0.520. The highest BCUT2D eigenvalue weighted by Gasteiger charge is 2.21. The fourth-order valence-corrected chi connectivity index (χ4v) is 1.58. The summed E-state index contributed by atoms with van der Waals surface area (Å²) in [5, 5.41) is 12.1. The summed E-state index contributed by atoms with van der Waals surface area (Å²) in [6, 6.07) is -0.378. The summed E-state index contributed by atoms with van der Waals surface area (Å²) < 4.78 is 0. The maximum atomic E-state index is 11.0. The third-order valence-electron chi connectivity index (χ3n) is 2.87. The van der Waals surface area contributed by atoms with Gasteiger partial charge < -0.3 is 10.4 Å². The van der Waals surface area contributed by atoms with E-state index in [-0.39, 0.29) is 12.0 Å². The number of rotatable bonds is 9. The average molecular weight is 215 g/mol. The van der Waals surface area contributed by atoms with Crippen LogP contribution in [0.4, 0.5) is 0 Å². The fourth-order valence-electron chi connectivity index (χ4n) is 1.58. The number of aliphatic carboxylic acids is 1. The Bertz CT molecular complexity index is 171. The molecule has 0 unspecified atom stereocenters. The summed E-state index contributed by atoms with van der Waals surface area (Å²) >= 11 is 0. The minimum Gasteiger partial charge on any atom is -0.480 e. The Hall–Kier alpha value is -0.570. The summed E-state index contributed by atoms with van der Waals surface area (Å²) in [6.45, 7) is 7.01. The van der Waals surface area contributed by atoms with Crippen LogP contribution >= 0.6 is 0 Å². The first-order chi connectivity index (χ1) is 7.13. The zero-order valence-electron chi connectivity index (χ0n) is 10.3. The molecule has 0 saturated carbocycles. The van der Waals surface area contributed by atoms with Crippen molar-refractivity contribution in [2.75, 3.05) is 6.54 Å². The predicted octanol–water partition coefficient (Wildman–Crippen LogP) is 2.66. The second-order valence-corrected chi connectivity index (χ2v) is 4.22. The monoisotopic (exact) mass is 215 g/mol. The largest absolute Gasteiger partial charge is 0.480 e. The Balaban J connectivity index is 3.72.